The summed E-state index contributed by atoms with van der Waals surface area (Å²) in [7, 11) is -7.25. The molecule has 25 nitrogen and oxygen atoms in total. The number of fused-ring (bicyclic) bond motifs is 3. The van der Waals surface area contributed by atoms with Gasteiger partial charge in [-0.15, -0.1) is 0 Å². The number of nitrogens with two attached hydrogens (primary N) is 1. The van der Waals surface area contributed by atoms with Gasteiger partial charge in [-0.05, 0) is 130 Å². The average Bonchev–Trinajstić information content (AvgIpc) is 2.84. The number of aromatic nitrogens is 3. The first-order chi connectivity index (χ1) is 39.2. The minimum Gasteiger partial charge on any atom is -0.370 e. The summed E-state index contributed by atoms with van der Waals surface area (Å²) in [6, 6.07) is 8.41. The summed E-state index contributed by atoms with van der Waals surface area (Å²) in [5, 5.41) is 10.4. The number of rotatable bonds is 18. The molecule has 4 fully saturated rings. The van der Waals surface area contributed by atoms with Gasteiger partial charge >= 0.3 is 13.3 Å². The molecule has 5 atom stereocenters. The minimum atomic E-state index is -5.15. The Labute approximate surface area is 474 Å². The van der Waals surface area contributed by atoms with Crippen LogP contribution in [0.3, 0.4) is 0 Å². The molecule has 5 heterocycles. The number of aromatic amines is 1. The van der Waals surface area contributed by atoms with Crippen molar-refractivity contribution in [2.75, 3.05) is 19.3 Å². The van der Waals surface area contributed by atoms with Crippen molar-refractivity contribution >= 4 is 92.2 Å². The van der Waals surface area contributed by atoms with Gasteiger partial charge in [0, 0.05) is 80.3 Å². The van der Waals surface area contributed by atoms with Crippen molar-refractivity contribution in [3.8, 4) is 0 Å². The molecule has 0 radical (unpaired) electrons. The van der Waals surface area contributed by atoms with Crippen LogP contribution < -0.4 is 32.7 Å². The number of nitrogens with zero attached hydrogens (tertiary/aromatic N) is 4. The monoisotopic (exact) mass is 1190 g/mol. The summed E-state index contributed by atoms with van der Waals surface area (Å²) < 4.78 is 53.5. The number of primary amides is 1. The van der Waals surface area contributed by atoms with Gasteiger partial charge in [-0.3, -0.25) is 62.2 Å². The smallest absolute Gasteiger partial charge is 0.370 e. The number of imidazole rings is 1. The zero-order valence-corrected chi connectivity index (χ0v) is 47.1. The first kappa shape index (κ1) is 59.7. The van der Waals surface area contributed by atoms with Crippen LogP contribution in [-0.4, -0.2) is 138 Å². The van der Waals surface area contributed by atoms with Crippen molar-refractivity contribution in [2.45, 2.75) is 125 Å². The number of carbonyl (C=O) groups is 9. The number of sulfone groups is 1. The first-order valence-corrected chi connectivity index (χ1v) is 30.8. The molecule has 9 rings (SSSR count). The van der Waals surface area contributed by atoms with E-state index in [2.05, 4.69) is 26.3 Å². The van der Waals surface area contributed by atoms with Gasteiger partial charge in [0.1, 0.15) is 35.7 Å². The number of carbonyl (C=O) groups excluding carboxylic acids is 9. The van der Waals surface area contributed by atoms with Gasteiger partial charge < -0.3 is 46.3 Å². The van der Waals surface area contributed by atoms with E-state index in [-0.39, 0.29) is 121 Å². The maximum Gasteiger partial charge on any atom is 0.396 e. The maximum atomic E-state index is 15.0. The minimum absolute atomic E-state index is 0.0114. The number of benzene rings is 3. The summed E-state index contributed by atoms with van der Waals surface area (Å²) in [5.41, 5.74) is 5.69. The quantitative estimate of drug-likeness (QED) is 0.0459. The number of H-pyrrole nitrogens is 1. The fraction of sp³-hybridized carbons (Fsp3) is 0.455. The van der Waals surface area contributed by atoms with Crippen LogP contribution in [0.5, 0.6) is 0 Å². The second-order valence-corrected chi connectivity index (χ2v) is 25.6. The van der Waals surface area contributed by atoms with Crippen LogP contribution in [0.4, 0.5) is 4.39 Å². The highest BCUT2D eigenvalue weighted by molar-refractivity contribution is 7.90. The van der Waals surface area contributed by atoms with Crippen LogP contribution >= 0.6 is 7.60 Å². The molecule has 1 saturated carbocycles. The molecule has 5 aromatic rings. The summed E-state index contributed by atoms with van der Waals surface area (Å²) >= 11 is 0. The van der Waals surface area contributed by atoms with E-state index in [1.807, 2.05) is 18.2 Å². The predicted molar refractivity (Wildman–Crippen MR) is 295 cm³/mol. The van der Waals surface area contributed by atoms with E-state index in [0.717, 1.165) is 43.6 Å². The predicted octanol–water partition coefficient (Wildman–Crippen LogP) is 1.86. The van der Waals surface area contributed by atoms with Gasteiger partial charge in [-0.1, -0.05) is 12.1 Å². The number of aryl methyl sites for hydroxylation is 1. The van der Waals surface area contributed by atoms with E-state index in [1.54, 1.807) is 7.05 Å². The standard InChI is InChI=1S/C55H64FN10O15PS/c1-63-45-22-31(7-14-42(45)66(55(63)76)44-16-18-47(68)62-52(44)73)21-29-3-5-30(6-4-29)23-48(69)64-20-19-35-10-15-43(51(72)60-39(13-17-46(57)67)49(70)58-27-33-8-11-36(26-37(33)56)83(2,80)81)65(35)53(74)41(28-64)61-50(71)40-25-34-24-32(9-12-38(34)59-40)54(75)82(77,78)79/h7-9,11-12,14,22,24-26,29-30,35,39,41,43-44,59H,3-6,10,13,15-21,23,27-28H2,1-2H3,(H2,57,67)(H,58,70)(H,60,72)(H,61,71)(H,62,68,73)(H2,77,78,79)/t29?,30?,35-,39+,41+,43+,44?/m1/s1. The fourth-order valence-electron chi connectivity index (χ4n) is 11.9. The van der Waals surface area contributed by atoms with Gasteiger partial charge in [0.15, 0.2) is 9.84 Å². The van der Waals surface area contributed by atoms with E-state index >= 15 is 4.79 Å². The largest absolute Gasteiger partial charge is 0.396 e. The molecule has 442 valence electrons. The zero-order valence-electron chi connectivity index (χ0n) is 45.4. The Hall–Kier alpha value is -7.87. The lowest BCUT2D eigenvalue weighted by atomic mass is 9.78. The topological polar surface area (TPSA) is 369 Å². The number of hydrogen-bond acceptors (Lipinski definition) is 13. The summed E-state index contributed by atoms with van der Waals surface area (Å²) in [6.45, 7) is -0.600. The number of nitrogens with one attached hydrogen (secondary N) is 5. The highest BCUT2D eigenvalue weighted by Gasteiger charge is 2.46. The molecule has 83 heavy (non-hydrogen) atoms. The normalized spacial score (nSPS) is 21.9. The molecule has 1 unspecified atom stereocenters. The SMILES string of the molecule is Cn1c(=O)n(C2CCC(=O)NC2=O)c2ccc(CC3CCC(CC(=O)N4CC[C@H]5CC[C@@H](C(=O)N[C@@H](CCC(N)=O)C(=O)NCc6ccc(S(C)(=O)=O)cc6F)N5C(=O)[C@@H](NC(=O)c5cc6cc(C(=O)P(=O)(O)O)ccc6[nH]5)C4)CC3)cc21. The van der Waals surface area contributed by atoms with Crippen molar-refractivity contribution in [1.29, 1.82) is 0 Å². The summed E-state index contributed by atoms with van der Waals surface area (Å²) in [4.78, 5) is 158. The number of imide groups is 1. The van der Waals surface area contributed by atoms with E-state index in [9.17, 15) is 70.3 Å². The Balaban J connectivity index is 0.893. The third kappa shape index (κ3) is 13.3. The zero-order chi connectivity index (χ0) is 59.8. The lowest BCUT2D eigenvalue weighted by Gasteiger charge is -2.39. The molecule has 28 heteroatoms. The van der Waals surface area contributed by atoms with E-state index in [4.69, 9.17) is 5.73 Å². The Morgan fingerprint density at radius 3 is 2.30 bits per heavy atom. The van der Waals surface area contributed by atoms with Crippen LogP contribution in [0.25, 0.3) is 21.9 Å². The fourth-order valence-corrected chi connectivity index (χ4v) is 13.0. The van der Waals surface area contributed by atoms with Crippen molar-refractivity contribution in [1.82, 2.24) is 45.2 Å². The molecule has 4 aliphatic rings. The maximum absolute atomic E-state index is 15.0. The third-order valence-electron chi connectivity index (χ3n) is 16.4. The molecule has 3 aromatic carbocycles. The summed E-state index contributed by atoms with van der Waals surface area (Å²) in [6.07, 6.45) is 5.13. The molecule has 1 aliphatic carbocycles. The van der Waals surface area contributed by atoms with Crippen LogP contribution in [0.2, 0.25) is 0 Å². The van der Waals surface area contributed by atoms with E-state index < -0.39 is 101 Å². The lowest BCUT2D eigenvalue weighted by molar-refractivity contribution is -0.146. The Morgan fingerprint density at radius 1 is 0.880 bits per heavy atom. The Bertz CT molecular complexity index is 3720. The van der Waals surface area contributed by atoms with Gasteiger partial charge in [0.2, 0.25) is 41.4 Å². The molecule has 3 aliphatic heterocycles. The van der Waals surface area contributed by atoms with Gasteiger partial charge in [0.05, 0.1) is 15.9 Å². The second-order valence-electron chi connectivity index (χ2n) is 22.1. The van der Waals surface area contributed by atoms with E-state index in [0.29, 0.717) is 23.0 Å². The molecule has 9 N–H and O–H groups in total. The number of amides is 8. The van der Waals surface area contributed by atoms with Crippen molar-refractivity contribution < 1.29 is 70.3 Å². The van der Waals surface area contributed by atoms with Crippen molar-refractivity contribution in [3.05, 3.63) is 99.3 Å². The molecule has 3 saturated heterocycles. The highest BCUT2D eigenvalue weighted by atomic mass is 32.2. The molecular formula is C55H64FN10O15PS. The molecular weight excluding hydrogens is 1120 g/mol. The van der Waals surface area contributed by atoms with Crippen molar-refractivity contribution in [3.63, 3.8) is 0 Å². The Morgan fingerprint density at radius 2 is 1.61 bits per heavy atom. The van der Waals surface area contributed by atoms with Crippen LogP contribution in [0.15, 0.2) is 70.4 Å². The van der Waals surface area contributed by atoms with Gasteiger partial charge in [-0.2, -0.15) is 0 Å². The molecule has 2 aromatic heterocycles. The van der Waals surface area contributed by atoms with Gasteiger partial charge in [-0.25, -0.2) is 17.6 Å². The summed E-state index contributed by atoms with van der Waals surface area (Å²) in [5.74, 6) is -5.78. The van der Waals surface area contributed by atoms with Gasteiger partial charge in [0.25, 0.3) is 11.4 Å². The van der Waals surface area contributed by atoms with Crippen LogP contribution in [-0.2, 0) is 68.0 Å². The Kier molecular flexibility index (Phi) is 17.4. The number of hydrogen-bond donors (Lipinski definition) is 8. The first-order valence-electron chi connectivity index (χ1n) is 27.3. The highest BCUT2D eigenvalue weighted by Crippen LogP contribution is 2.40. The third-order valence-corrected chi connectivity index (χ3v) is 18.3. The second kappa shape index (κ2) is 24.1. The van der Waals surface area contributed by atoms with Crippen LogP contribution in [0, 0.1) is 17.7 Å². The van der Waals surface area contributed by atoms with Crippen LogP contribution in [0.1, 0.15) is 115 Å². The molecule has 8 amide bonds. The number of piperidine rings is 1. The molecule has 0 spiro atoms. The lowest BCUT2D eigenvalue weighted by Crippen LogP contribution is -2.62. The van der Waals surface area contributed by atoms with Crippen molar-refractivity contribution in [2.24, 2.45) is 24.6 Å². The van der Waals surface area contributed by atoms with E-state index in [1.165, 1.54) is 55.3 Å². The average molecular weight is 1190 g/mol. The number of halogens is 1. The molecule has 0 bridgehead atoms.